The number of methoxy groups -OCH3 is 1. The average molecular weight is 261 g/mol. The summed E-state index contributed by atoms with van der Waals surface area (Å²) in [6.07, 6.45) is 6.09. The Kier molecular flexibility index (Phi) is 4.44. The maximum atomic E-state index is 11.3. The maximum Gasteiger partial charge on any atom is 0.376 e. The van der Waals surface area contributed by atoms with Gasteiger partial charge in [0, 0.05) is 31.7 Å². The van der Waals surface area contributed by atoms with Crippen molar-refractivity contribution in [3.63, 3.8) is 0 Å². The highest BCUT2D eigenvalue weighted by Crippen LogP contribution is 2.03. The van der Waals surface area contributed by atoms with E-state index in [0.29, 0.717) is 5.82 Å². The molecule has 0 unspecified atom stereocenters. The van der Waals surface area contributed by atoms with E-state index in [0.717, 1.165) is 19.5 Å². The van der Waals surface area contributed by atoms with Crippen LogP contribution in [0.3, 0.4) is 0 Å². The van der Waals surface area contributed by atoms with Gasteiger partial charge in [-0.05, 0) is 18.6 Å². The molecule has 0 atom stereocenters. The Morgan fingerprint density at radius 2 is 2.37 bits per heavy atom. The first-order valence-electron chi connectivity index (χ1n) is 5.92. The van der Waals surface area contributed by atoms with Crippen LogP contribution < -0.4 is 5.32 Å². The second kappa shape index (κ2) is 6.48. The van der Waals surface area contributed by atoms with Gasteiger partial charge in [0.15, 0.2) is 0 Å². The summed E-state index contributed by atoms with van der Waals surface area (Å²) in [4.78, 5) is 19.2. The normalized spacial score (nSPS) is 10.2. The lowest BCUT2D eigenvalue weighted by Crippen LogP contribution is -2.11. The second-order valence-corrected chi connectivity index (χ2v) is 3.81. The molecule has 0 fully saturated rings. The van der Waals surface area contributed by atoms with Gasteiger partial charge in [-0.2, -0.15) is 5.10 Å². The Labute approximate surface area is 110 Å². The van der Waals surface area contributed by atoms with Crippen LogP contribution in [0.5, 0.6) is 0 Å². The smallest absolute Gasteiger partial charge is 0.376 e. The largest absolute Gasteiger partial charge is 0.463 e. The van der Waals surface area contributed by atoms with Gasteiger partial charge in [-0.25, -0.2) is 14.8 Å². The van der Waals surface area contributed by atoms with Crippen molar-refractivity contribution in [2.24, 2.45) is 0 Å². The topological polar surface area (TPSA) is 81.9 Å². The molecule has 1 N–H and O–H groups in total. The summed E-state index contributed by atoms with van der Waals surface area (Å²) in [5.74, 6) is 0.121. The van der Waals surface area contributed by atoms with Crippen LogP contribution in [0.1, 0.15) is 17.0 Å². The molecule has 0 radical (unpaired) electrons. The lowest BCUT2D eigenvalue weighted by atomic mass is 10.4. The summed E-state index contributed by atoms with van der Waals surface area (Å²) in [6, 6.07) is 3.60. The zero-order valence-electron chi connectivity index (χ0n) is 10.6. The molecule has 2 aromatic heterocycles. The standard InChI is InChI=1S/C12H15N5O2/c1-19-12(18)11-14-7-4-10(16-11)13-5-2-8-17-9-3-6-15-17/h3-4,6-7,9H,2,5,8H2,1H3,(H,13,14,16). The predicted molar refractivity (Wildman–Crippen MR) is 68.7 cm³/mol. The highest BCUT2D eigenvalue weighted by Gasteiger charge is 2.08. The first-order valence-corrected chi connectivity index (χ1v) is 5.92. The zero-order valence-corrected chi connectivity index (χ0v) is 10.6. The molecule has 0 aliphatic heterocycles. The molecular weight excluding hydrogens is 246 g/mol. The van der Waals surface area contributed by atoms with Crippen LogP contribution in [0.15, 0.2) is 30.7 Å². The number of anilines is 1. The van der Waals surface area contributed by atoms with Crippen LogP contribution in [0.4, 0.5) is 5.82 Å². The van der Waals surface area contributed by atoms with Crippen molar-refractivity contribution < 1.29 is 9.53 Å². The Balaban J connectivity index is 1.81. The number of carbonyl (C=O) groups excluding carboxylic acids is 1. The first kappa shape index (κ1) is 13.0. The van der Waals surface area contributed by atoms with Gasteiger partial charge in [-0.1, -0.05) is 0 Å². The second-order valence-electron chi connectivity index (χ2n) is 3.81. The molecule has 0 bridgehead atoms. The van der Waals surface area contributed by atoms with Crippen LogP contribution in [0, 0.1) is 0 Å². The van der Waals surface area contributed by atoms with Crippen LogP contribution in [0.25, 0.3) is 0 Å². The third kappa shape index (κ3) is 3.77. The first-order chi connectivity index (χ1) is 9.29. The fraction of sp³-hybridized carbons (Fsp3) is 0.333. The van der Waals surface area contributed by atoms with Crippen molar-refractivity contribution in [1.29, 1.82) is 0 Å². The van der Waals surface area contributed by atoms with Crippen molar-refractivity contribution >= 4 is 11.8 Å². The molecule has 100 valence electrons. The molecule has 0 saturated carbocycles. The molecule has 0 aliphatic carbocycles. The van der Waals surface area contributed by atoms with Crippen LogP contribution in [-0.2, 0) is 11.3 Å². The number of carbonyl (C=O) groups is 1. The fourth-order valence-corrected chi connectivity index (χ4v) is 1.54. The van der Waals surface area contributed by atoms with E-state index < -0.39 is 5.97 Å². The van der Waals surface area contributed by atoms with Gasteiger partial charge in [0.1, 0.15) is 5.82 Å². The van der Waals surface area contributed by atoms with Gasteiger partial charge in [0.05, 0.1) is 7.11 Å². The SMILES string of the molecule is COC(=O)c1nccc(NCCCn2cccn2)n1. The Morgan fingerprint density at radius 3 is 3.11 bits per heavy atom. The number of ether oxygens (including phenoxy) is 1. The molecule has 2 heterocycles. The number of aromatic nitrogens is 4. The Hall–Kier alpha value is -2.44. The fourth-order valence-electron chi connectivity index (χ4n) is 1.54. The third-order valence-electron chi connectivity index (χ3n) is 2.45. The molecule has 0 aliphatic rings. The van der Waals surface area contributed by atoms with Crippen LogP contribution >= 0.6 is 0 Å². The highest BCUT2D eigenvalue weighted by molar-refractivity contribution is 5.85. The molecule has 19 heavy (non-hydrogen) atoms. The van der Waals surface area contributed by atoms with Gasteiger partial charge in [-0.3, -0.25) is 4.68 Å². The summed E-state index contributed by atoms with van der Waals surface area (Å²) in [5.41, 5.74) is 0. The maximum absolute atomic E-state index is 11.3. The monoisotopic (exact) mass is 261 g/mol. The van der Waals surface area contributed by atoms with Crippen molar-refractivity contribution in [1.82, 2.24) is 19.7 Å². The molecule has 2 rings (SSSR count). The Morgan fingerprint density at radius 1 is 1.47 bits per heavy atom. The summed E-state index contributed by atoms with van der Waals surface area (Å²) < 4.78 is 6.43. The molecule has 0 aromatic carbocycles. The van der Waals surface area contributed by atoms with Crippen molar-refractivity contribution in [2.45, 2.75) is 13.0 Å². The summed E-state index contributed by atoms with van der Waals surface area (Å²) >= 11 is 0. The quantitative estimate of drug-likeness (QED) is 0.616. The molecule has 7 nitrogen and oxygen atoms in total. The van der Waals surface area contributed by atoms with Crippen molar-refractivity contribution in [2.75, 3.05) is 19.0 Å². The minimum atomic E-state index is -0.541. The van der Waals surface area contributed by atoms with Crippen LogP contribution in [-0.4, -0.2) is 39.4 Å². The van der Waals surface area contributed by atoms with Crippen molar-refractivity contribution in [3.8, 4) is 0 Å². The van der Waals surface area contributed by atoms with E-state index in [4.69, 9.17) is 0 Å². The minimum Gasteiger partial charge on any atom is -0.463 e. The van der Waals surface area contributed by atoms with E-state index in [1.54, 1.807) is 12.3 Å². The van der Waals surface area contributed by atoms with E-state index in [1.807, 2.05) is 16.9 Å². The highest BCUT2D eigenvalue weighted by atomic mass is 16.5. The minimum absolute atomic E-state index is 0.0552. The van der Waals surface area contributed by atoms with E-state index in [-0.39, 0.29) is 5.82 Å². The number of esters is 1. The number of nitrogens with one attached hydrogen (secondary N) is 1. The lowest BCUT2D eigenvalue weighted by molar-refractivity contribution is 0.0587. The molecular formula is C12H15N5O2. The molecule has 2 aromatic rings. The molecule has 0 saturated heterocycles. The zero-order chi connectivity index (χ0) is 13.5. The number of hydrogen-bond donors (Lipinski definition) is 1. The number of rotatable bonds is 6. The van der Waals surface area contributed by atoms with Crippen molar-refractivity contribution in [3.05, 3.63) is 36.5 Å². The van der Waals surface area contributed by atoms with E-state index in [9.17, 15) is 4.79 Å². The summed E-state index contributed by atoms with van der Waals surface area (Å²) in [6.45, 7) is 1.56. The van der Waals surface area contributed by atoms with Gasteiger partial charge >= 0.3 is 5.97 Å². The number of nitrogens with zero attached hydrogens (tertiary/aromatic N) is 4. The third-order valence-corrected chi connectivity index (χ3v) is 2.45. The van der Waals surface area contributed by atoms with Gasteiger partial charge in [-0.15, -0.1) is 0 Å². The van der Waals surface area contributed by atoms with Gasteiger partial charge in [0.2, 0.25) is 5.82 Å². The lowest BCUT2D eigenvalue weighted by Gasteiger charge is -2.06. The van der Waals surface area contributed by atoms with E-state index >= 15 is 0 Å². The van der Waals surface area contributed by atoms with Crippen LogP contribution in [0.2, 0.25) is 0 Å². The number of hydrogen-bond acceptors (Lipinski definition) is 6. The van der Waals surface area contributed by atoms with Gasteiger partial charge < -0.3 is 10.1 Å². The number of aryl methyl sites for hydroxylation is 1. The molecule has 0 spiro atoms. The Bertz CT molecular complexity index is 527. The average Bonchev–Trinajstić information content (AvgIpc) is 2.96. The van der Waals surface area contributed by atoms with E-state index in [1.165, 1.54) is 13.3 Å². The predicted octanol–water partition coefficient (Wildman–Crippen LogP) is 0.962. The van der Waals surface area contributed by atoms with Gasteiger partial charge in [0.25, 0.3) is 0 Å². The molecule has 0 amide bonds. The van der Waals surface area contributed by atoms with E-state index in [2.05, 4.69) is 25.1 Å². The summed E-state index contributed by atoms with van der Waals surface area (Å²) in [7, 11) is 1.30. The molecule has 7 heteroatoms. The summed E-state index contributed by atoms with van der Waals surface area (Å²) in [5, 5.41) is 7.24.